The summed E-state index contributed by atoms with van der Waals surface area (Å²) in [5.41, 5.74) is 5.72. The number of ether oxygens (including phenoxy) is 2. The molecule has 2 aromatic heterocycles. The lowest BCUT2D eigenvalue weighted by Gasteiger charge is -2.32. The zero-order chi connectivity index (χ0) is 22.5. The average Bonchev–Trinajstić information content (AvgIpc) is 2.83. The van der Waals surface area contributed by atoms with Crippen molar-refractivity contribution in [3.8, 4) is 11.9 Å². The molecular weight excluding hydrogens is 404 g/mol. The largest absolute Gasteiger partial charge is 0.481 e. The number of fused-ring (bicyclic) bond motifs is 1. The summed E-state index contributed by atoms with van der Waals surface area (Å²) in [6.45, 7) is 3.87. The van der Waals surface area contributed by atoms with Crippen LogP contribution in [0.1, 0.15) is 34.0 Å². The standard InChI is InChI=1S/C24H26N6O2/c1-16-4-6-22(18(10-16)11-25)30-9-8-20-19(13-30)24(28-15-27-20)29-21(14-31-2)17-5-7-23(32-3)26-12-17/h4-7,10,12,15,21H,8-9,13-14H2,1-3H3,(H,27,28,29)/t21-/m1/s1. The first-order valence-corrected chi connectivity index (χ1v) is 10.5. The van der Waals surface area contributed by atoms with Crippen molar-refractivity contribution in [2.45, 2.75) is 25.9 Å². The Morgan fingerprint density at radius 1 is 1.19 bits per heavy atom. The van der Waals surface area contributed by atoms with Crippen molar-refractivity contribution in [1.29, 1.82) is 5.26 Å². The van der Waals surface area contributed by atoms with Gasteiger partial charge in [0.1, 0.15) is 18.2 Å². The summed E-state index contributed by atoms with van der Waals surface area (Å²) in [5, 5.41) is 13.1. The van der Waals surface area contributed by atoms with E-state index < -0.39 is 0 Å². The van der Waals surface area contributed by atoms with Gasteiger partial charge in [0, 0.05) is 44.4 Å². The summed E-state index contributed by atoms with van der Waals surface area (Å²) in [6.07, 6.45) is 4.16. The summed E-state index contributed by atoms with van der Waals surface area (Å²) >= 11 is 0. The first kappa shape index (κ1) is 21.5. The Morgan fingerprint density at radius 3 is 2.78 bits per heavy atom. The number of anilines is 2. The van der Waals surface area contributed by atoms with Crippen molar-refractivity contribution in [1.82, 2.24) is 15.0 Å². The fourth-order valence-electron chi connectivity index (χ4n) is 3.96. The van der Waals surface area contributed by atoms with Crippen LogP contribution in [0.3, 0.4) is 0 Å². The molecule has 164 valence electrons. The lowest BCUT2D eigenvalue weighted by molar-refractivity contribution is 0.186. The topological polar surface area (TPSA) is 96.2 Å². The average molecular weight is 431 g/mol. The van der Waals surface area contributed by atoms with Crippen molar-refractivity contribution in [3.05, 3.63) is 70.8 Å². The van der Waals surface area contributed by atoms with E-state index in [-0.39, 0.29) is 6.04 Å². The van der Waals surface area contributed by atoms with Gasteiger partial charge in [0.2, 0.25) is 5.88 Å². The number of benzene rings is 1. The molecule has 4 rings (SSSR count). The van der Waals surface area contributed by atoms with E-state index in [1.54, 1.807) is 26.7 Å². The van der Waals surface area contributed by atoms with E-state index in [9.17, 15) is 5.26 Å². The number of aryl methyl sites for hydroxylation is 1. The molecule has 1 atom stereocenters. The maximum atomic E-state index is 9.62. The molecule has 8 nitrogen and oxygen atoms in total. The lowest BCUT2D eigenvalue weighted by atomic mass is 10.0. The SMILES string of the molecule is COC[C@@H](Nc1ncnc2c1CN(c1ccc(C)cc1C#N)CC2)c1ccc(OC)nc1. The van der Waals surface area contributed by atoms with Gasteiger partial charge in [-0.1, -0.05) is 6.07 Å². The fourth-order valence-corrected chi connectivity index (χ4v) is 3.96. The normalized spacial score (nSPS) is 13.8. The maximum absolute atomic E-state index is 9.62. The first-order chi connectivity index (χ1) is 15.6. The molecular formula is C24H26N6O2. The van der Waals surface area contributed by atoms with Gasteiger partial charge in [-0.2, -0.15) is 5.26 Å². The number of rotatable bonds is 7. The molecule has 1 aliphatic rings. The van der Waals surface area contributed by atoms with Crippen molar-refractivity contribution < 1.29 is 9.47 Å². The second-order valence-corrected chi connectivity index (χ2v) is 7.74. The molecule has 3 heterocycles. The van der Waals surface area contributed by atoms with Crippen molar-refractivity contribution in [2.24, 2.45) is 0 Å². The minimum absolute atomic E-state index is 0.137. The van der Waals surface area contributed by atoms with Crippen molar-refractivity contribution >= 4 is 11.5 Å². The number of nitriles is 1. The lowest BCUT2D eigenvalue weighted by Crippen LogP contribution is -2.33. The van der Waals surface area contributed by atoms with Gasteiger partial charge in [-0.3, -0.25) is 0 Å². The van der Waals surface area contributed by atoms with Crippen LogP contribution in [0, 0.1) is 18.3 Å². The first-order valence-electron chi connectivity index (χ1n) is 10.5. The van der Waals surface area contributed by atoms with E-state index in [0.717, 1.165) is 46.9 Å². The fraction of sp³-hybridized carbons (Fsp3) is 0.333. The van der Waals surface area contributed by atoms with Crippen LogP contribution in [0.4, 0.5) is 11.5 Å². The summed E-state index contributed by atoms with van der Waals surface area (Å²) < 4.78 is 10.6. The minimum atomic E-state index is -0.137. The highest BCUT2D eigenvalue weighted by atomic mass is 16.5. The predicted octanol–water partition coefficient (Wildman–Crippen LogP) is 3.42. The zero-order valence-electron chi connectivity index (χ0n) is 18.5. The maximum Gasteiger partial charge on any atom is 0.212 e. The summed E-state index contributed by atoms with van der Waals surface area (Å²) in [4.78, 5) is 15.6. The summed E-state index contributed by atoms with van der Waals surface area (Å²) in [7, 11) is 3.27. The van der Waals surface area contributed by atoms with Crippen LogP contribution in [-0.4, -0.2) is 42.3 Å². The molecule has 0 aliphatic carbocycles. The number of nitrogens with zero attached hydrogens (tertiary/aromatic N) is 5. The van der Waals surface area contributed by atoms with E-state index in [2.05, 4.69) is 31.2 Å². The molecule has 0 amide bonds. The molecule has 32 heavy (non-hydrogen) atoms. The Morgan fingerprint density at radius 2 is 2.06 bits per heavy atom. The summed E-state index contributed by atoms with van der Waals surface area (Å²) in [5.74, 6) is 1.33. The Bertz CT molecular complexity index is 1130. The number of hydrogen-bond acceptors (Lipinski definition) is 8. The summed E-state index contributed by atoms with van der Waals surface area (Å²) in [6, 6.07) is 12.0. The monoisotopic (exact) mass is 430 g/mol. The Labute approximate surface area is 187 Å². The number of aromatic nitrogens is 3. The molecule has 0 spiro atoms. The van der Waals surface area contributed by atoms with Gasteiger partial charge in [-0.05, 0) is 36.2 Å². The Kier molecular flexibility index (Phi) is 6.47. The number of methoxy groups -OCH3 is 2. The highest BCUT2D eigenvalue weighted by Crippen LogP contribution is 2.31. The van der Waals surface area contributed by atoms with Crippen molar-refractivity contribution in [3.63, 3.8) is 0 Å². The zero-order valence-corrected chi connectivity index (χ0v) is 18.5. The van der Waals surface area contributed by atoms with Crippen LogP contribution in [0.2, 0.25) is 0 Å². The van der Waals surface area contributed by atoms with Gasteiger partial charge in [-0.25, -0.2) is 15.0 Å². The third-order valence-corrected chi connectivity index (χ3v) is 5.63. The van der Waals surface area contributed by atoms with Gasteiger partial charge in [-0.15, -0.1) is 0 Å². The third kappa shape index (κ3) is 4.48. The van der Waals surface area contributed by atoms with E-state index in [4.69, 9.17) is 9.47 Å². The van der Waals surface area contributed by atoms with Gasteiger partial charge >= 0.3 is 0 Å². The van der Waals surface area contributed by atoms with Crippen LogP contribution in [0.15, 0.2) is 42.9 Å². The highest BCUT2D eigenvalue weighted by molar-refractivity contribution is 5.63. The van der Waals surface area contributed by atoms with Crippen LogP contribution in [0.25, 0.3) is 0 Å². The molecule has 0 radical (unpaired) electrons. The smallest absolute Gasteiger partial charge is 0.212 e. The van der Waals surface area contributed by atoms with Crippen LogP contribution in [0.5, 0.6) is 5.88 Å². The van der Waals surface area contributed by atoms with Crippen molar-refractivity contribution in [2.75, 3.05) is 37.6 Å². The van der Waals surface area contributed by atoms with Gasteiger partial charge < -0.3 is 19.7 Å². The molecule has 8 heteroatoms. The van der Waals surface area contributed by atoms with Crippen LogP contribution >= 0.6 is 0 Å². The Hall–Kier alpha value is -3.70. The van der Waals surface area contributed by atoms with Crippen LogP contribution in [-0.2, 0) is 17.7 Å². The predicted molar refractivity (Wildman–Crippen MR) is 122 cm³/mol. The van der Waals surface area contributed by atoms with Gasteiger partial charge in [0.25, 0.3) is 0 Å². The number of nitrogens with one attached hydrogen (secondary N) is 1. The van der Waals surface area contributed by atoms with E-state index in [1.165, 1.54) is 0 Å². The number of hydrogen-bond donors (Lipinski definition) is 1. The molecule has 0 unspecified atom stereocenters. The second-order valence-electron chi connectivity index (χ2n) is 7.74. The quantitative estimate of drug-likeness (QED) is 0.609. The molecule has 1 N–H and O–H groups in total. The van der Waals surface area contributed by atoms with Crippen LogP contribution < -0.4 is 15.0 Å². The van der Waals surface area contributed by atoms with E-state index >= 15 is 0 Å². The molecule has 0 saturated carbocycles. The third-order valence-electron chi connectivity index (χ3n) is 5.63. The second kappa shape index (κ2) is 9.62. The molecule has 3 aromatic rings. The van der Waals surface area contributed by atoms with E-state index in [0.29, 0.717) is 24.6 Å². The highest BCUT2D eigenvalue weighted by Gasteiger charge is 2.24. The number of pyridine rings is 1. The molecule has 0 fully saturated rings. The van der Waals surface area contributed by atoms with Gasteiger partial charge in [0.15, 0.2) is 0 Å². The minimum Gasteiger partial charge on any atom is -0.481 e. The Balaban J connectivity index is 1.63. The van der Waals surface area contributed by atoms with Gasteiger partial charge in [0.05, 0.1) is 36.7 Å². The van der Waals surface area contributed by atoms with E-state index in [1.807, 2.05) is 37.3 Å². The molecule has 0 bridgehead atoms. The molecule has 1 aromatic carbocycles. The molecule has 0 saturated heterocycles. The molecule has 1 aliphatic heterocycles.